The van der Waals surface area contributed by atoms with Crippen LogP contribution in [0.5, 0.6) is 5.75 Å². The predicted molar refractivity (Wildman–Crippen MR) is 248 cm³/mol. The van der Waals surface area contributed by atoms with Gasteiger partial charge >= 0.3 is 5.97 Å². The third-order valence-electron chi connectivity index (χ3n) is 9.25. The van der Waals surface area contributed by atoms with Crippen molar-refractivity contribution in [3.05, 3.63) is 106 Å². The number of aliphatic carboxylic acids is 1. The van der Waals surface area contributed by atoms with E-state index >= 15 is 0 Å². The highest BCUT2D eigenvalue weighted by atomic mass is 33.1. The number of carboxylic acids is 1. The monoisotopic (exact) mass is 926 g/mol. The Bertz CT molecular complexity index is 2480. The molecule has 0 fully saturated rings. The van der Waals surface area contributed by atoms with Crippen LogP contribution in [0.2, 0.25) is 0 Å². The number of amides is 4. The molecule has 4 amide bonds. The van der Waals surface area contributed by atoms with E-state index in [1.807, 2.05) is 30.3 Å². The molecule has 9 N–H and O–H groups in total. The molecule has 5 aromatic rings. The maximum atomic E-state index is 12.8. The van der Waals surface area contributed by atoms with Gasteiger partial charge in [0.05, 0.1) is 30.8 Å². The Balaban J connectivity index is 0.876. The minimum absolute atomic E-state index is 0.0487. The van der Waals surface area contributed by atoms with Gasteiger partial charge in [0.1, 0.15) is 16.8 Å². The van der Waals surface area contributed by atoms with Crippen molar-refractivity contribution < 1.29 is 33.8 Å². The van der Waals surface area contributed by atoms with Crippen LogP contribution in [0, 0.1) is 0 Å². The van der Waals surface area contributed by atoms with Gasteiger partial charge in [-0.1, -0.05) is 16.9 Å². The van der Waals surface area contributed by atoms with Gasteiger partial charge in [0, 0.05) is 55.6 Å². The van der Waals surface area contributed by atoms with Crippen LogP contribution < -0.4 is 42.7 Å². The lowest BCUT2D eigenvalue weighted by molar-refractivity contribution is -0.139. The summed E-state index contributed by atoms with van der Waals surface area (Å²) >= 11 is 0. The highest BCUT2D eigenvalue weighted by Crippen LogP contribution is 2.29. The quantitative estimate of drug-likeness (QED) is 0.0169. The SMILES string of the molecule is C/C(=N\NC(=O)CCSSc1ccccn1)c1ccc(OCCCC(=O)NCCCCNC(=O)CCC(NC(=O)c2ccc(NCc3cnc4nc(N)[nH]c(=O)c4n3)cc2)C(=O)O)cc1. The van der Waals surface area contributed by atoms with Gasteiger partial charge in [0.2, 0.25) is 23.7 Å². The molecule has 3 aromatic heterocycles. The van der Waals surface area contributed by atoms with Gasteiger partial charge in [-0.25, -0.2) is 25.2 Å². The Morgan fingerprint density at radius 3 is 2.29 bits per heavy atom. The number of hydrazone groups is 1. The number of nitrogen functional groups attached to an aromatic ring is 1. The van der Waals surface area contributed by atoms with Crippen molar-refractivity contribution in [3.63, 3.8) is 0 Å². The van der Waals surface area contributed by atoms with Gasteiger partial charge in [-0.05, 0) is 110 Å². The summed E-state index contributed by atoms with van der Waals surface area (Å²) < 4.78 is 5.77. The average Bonchev–Trinajstić information content (AvgIpc) is 3.30. The van der Waals surface area contributed by atoms with Crippen LogP contribution in [0.1, 0.15) is 73.5 Å². The van der Waals surface area contributed by atoms with E-state index in [0.29, 0.717) is 74.0 Å². The average molecular weight is 927 g/mol. The van der Waals surface area contributed by atoms with Crippen LogP contribution in [-0.4, -0.2) is 96.8 Å². The summed E-state index contributed by atoms with van der Waals surface area (Å²) in [7, 11) is 3.08. The second-order valence-electron chi connectivity index (χ2n) is 14.3. The molecule has 22 heteroatoms. The molecule has 0 aliphatic rings. The number of carbonyl (C=O) groups excluding carboxylic acids is 4. The standard InChI is InChI=1S/C43H50N12O8S2/c1-27(54-55-36(58)19-24-64-65-37-8-2-3-22-47-37)28-11-15-32(16-12-28)63-23-6-7-34(56)45-20-4-5-21-46-35(57)18-17-33(42(61)62)51-40(59)29-9-13-30(14-10-29)48-25-31-26-49-39-38(50-31)41(60)53-43(44)52-39/h2-3,8-16,22,26,33,48H,4-7,17-21,23-25H2,1H3,(H,45,56)(H,46,57)(H,51,59)(H,55,58)(H,61,62)(H3,44,49,52,53,60)/b54-27+. The second-order valence-corrected chi connectivity index (χ2v) is 16.7. The van der Waals surface area contributed by atoms with E-state index < -0.39 is 23.5 Å². The number of nitrogens with two attached hydrogens (primary N) is 1. The van der Waals surface area contributed by atoms with Gasteiger partial charge in [0.25, 0.3) is 11.5 Å². The molecule has 0 aliphatic heterocycles. The van der Waals surface area contributed by atoms with Crippen LogP contribution in [-0.2, 0) is 25.7 Å². The minimum atomic E-state index is -1.29. The number of unbranched alkanes of at least 4 members (excludes halogenated alkanes) is 1. The lowest BCUT2D eigenvalue weighted by atomic mass is 10.1. The number of carbonyl (C=O) groups is 5. The Hall–Kier alpha value is -7.07. The lowest BCUT2D eigenvalue weighted by Crippen LogP contribution is -2.41. The molecule has 3 heterocycles. The molecule has 0 spiro atoms. The topological polar surface area (TPSA) is 298 Å². The molecule has 0 saturated heterocycles. The second kappa shape index (κ2) is 25.9. The summed E-state index contributed by atoms with van der Waals surface area (Å²) in [5.74, 6) is -1.31. The molecule has 0 saturated carbocycles. The minimum Gasteiger partial charge on any atom is -0.494 e. The molecule has 2 aromatic carbocycles. The van der Waals surface area contributed by atoms with Gasteiger partial charge < -0.3 is 36.8 Å². The van der Waals surface area contributed by atoms with Crippen LogP contribution >= 0.6 is 21.6 Å². The maximum absolute atomic E-state index is 12.8. The number of benzene rings is 2. The number of carboxylic acid groups (broad SMARTS) is 1. The molecule has 1 unspecified atom stereocenters. The number of pyridine rings is 1. The molecule has 5 rings (SSSR count). The van der Waals surface area contributed by atoms with Gasteiger partial charge in [-0.2, -0.15) is 10.1 Å². The molecule has 0 bridgehead atoms. The Morgan fingerprint density at radius 1 is 0.862 bits per heavy atom. The van der Waals surface area contributed by atoms with Crippen molar-refractivity contribution in [3.8, 4) is 5.75 Å². The van der Waals surface area contributed by atoms with Crippen molar-refractivity contribution in [1.29, 1.82) is 0 Å². The normalized spacial score (nSPS) is 11.6. The smallest absolute Gasteiger partial charge is 0.326 e. The van der Waals surface area contributed by atoms with E-state index in [1.165, 1.54) is 29.1 Å². The number of ether oxygens (including phenoxy) is 1. The third-order valence-corrected chi connectivity index (χ3v) is 11.5. The van der Waals surface area contributed by atoms with Crippen molar-refractivity contribution in [1.82, 2.24) is 46.3 Å². The predicted octanol–water partition coefficient (Wildman–Crippen LogP) is 3.81. The molecule has 0 radical (unpaired) electrons. The summed E-state index contributed by atoms with van der Waals surface area (Å²) in [6.45, 7) is 3.15. The fourth-order valence-corrected chi connectivity index (χ4v) is 7.63. The Labute approximate surface area is 381 Å². The summed E-state index contributed by atoms with van der Waals surface area (Å²) in [5.41, 5.74) is 10.6. The van der Waals surface area contributed by atoms with Crippen molar-refractivity contribution in [2.24, 2.45) is 5.10 Å². The van der Waals surface area contributed by atoms with Crippen molar-refractivity contribution >= 4 is 79.7 Å². The van der Waals surface area contributed by atoms with E-state index in [9.17, 15) is 33.9 Å². The fourth-order valence-electron chi connectivity index (χ4n) is 5.76. The summed E-state index contributed by atoms with van der Waals surface area (Å²) in [6.07, 6.45) is 5.31. The summed E-state index contributed by atoms with van der Waals surface area (Å²) in [5, 5.41) is 25.9. The van der Waals surface area contributed by atoms with Crippen LogP contribution in [0.25, 0.3) is 11.2 Å². The van der Waals surface area contributed by atoms with Crippen molar-refractivity contribution in [2.75, 3.05) is 36.5 Å². The number of anilines is 2. The third kappa shape index (κ3) is 17.2. The lowest BCUT2D eigenvalue weighted by Gasteiger charge is -2.15. The fraction of sp³-hybridized carbons (Fsp3) is 0.326. The molecule has 20 nitrogen and oxygen atoms in total. The molecule has 1 atom stereocenters. The molecule has 0 aliphatic carbocycles. The molecule has 342 valence electrons. The number of nitrogens with one attached hydrogen (secondary N) is 6. The van der Waals surface area contributed by atoms with Crippen LogP contribution in [0.3, 0.4) is 0 Å². The van der Waals surface area contributed by atoms with E-state index in [2.05, 4.69) is 56.7 Å². The summed E-state index contributed by atoms with van der Waals surface area (Å²) in [4.78, 5) is 92.6. The van der Waals surface area contributed by atoms with E-state index in [-0.39, 0.29) is 66.2 Å². The number of fused-ring (bicyclic) bond motifs is 1. The number of rotatable bonds is 26. The van der Waals surface area contributed by atoms with E-state index in [0.717, 1.165) is 10.6 Å². The van der Waals surface area contributed by atoms with E-state index in [1.54, 1.807) is 48.2 Å². The summed E-state index contributed by atoms with van der Waals surface area (Å²) in [6, 6.07) is 18.0. The number of hydrogen-bond acceptors (Lipinski definition) is 16. The zero-order chi connectivity index (χ0) is 46.4. The molecule has 65 heavy (non-hydrogen) atoms. The highest BCUT2D eigenvalue weighted by Gasteiger charge is 2.22. The number of H-pyrrole nitrogens is 1. The number of hydrogen-bond donors (Lipinski definition) is 8. The van der Waals surface area contributed by atoms with Crippen LogP contribution in [0.15, 0.2) is 94.0 Å². The molecular formula is C43H50N12O8S2. The van der Waals surface area contributed by atoms with E-state index in [4.69, 9.17) is 10.5 Å². The number of nitrogens with zero attached hydrogens (tertiary/aromatic N) is 5. The zero-order valence-electron chi connectivity index (χ0n) is 35.5. The largest absolute Gasteiger partial charge is 0.494 e. The number of aromatic nitrogens is 5. The first kappa shape index (κ1) is 49.0. The number of aromatic amines is 1. The zero-order valence-corrected chi connectivity index (χ0v) is 37.1. The molecular weight excluding hydrogens is 877 g/mol. The maximum Gasteiger partial charge on any atom is 0.326 e. The van der Waals surface area contributed by atoms with Crippen molar-refractivity contribution in [2.45, 2.75) is 69.5 Å². The first-order chi connectivity index (χ1) is 31.4. The van der Waals surface area contributed by atoms with Gasteiger partial charge in [-0.15, -0.1) is 0 Å². The first-order valence-corrected chi connectivity index (χ1v) is 22.9. The van der Waals surface area contributed by atoms with Gasteiger partial charge in [-0.3, -0.25) is 29.0 Å². The van der Waals surface area contributed by atoms with Crippen LogP contribution in [0.4, 0.5) is 11.6 Å². The Kier molecular flexibility index (Phi) is 19.5. The first-order valence-electron chi connectivity index (χ1n) is 20.6. The van der Waals surface area contributed by atoms with Gasteiger partial charge in [0.15, 0.2) is 11.2 Å². The highest BCUT2D eigenvalue weighted by molar-refractivity contribution is 8.76. The Morgan fingerprint density at radius 2 is 1.58 bits per heavy atom.